The number of hydrogen-bond acceptors (Lipinski definition) is 6. The van der Waals surface area contributed by atoms with Crippen LogP contribution in [-0.4, -0.2) is 62.6 Å². The van der Waals surface area contributed by atoms with Gasteiger partial charge >= 0.3 is 0 Å². The number of aliphatic hydroxyl groups is 4. The Morgan fingerprint density at radius 1 is 1.12 bits per heavy atom. The Morgan fingerprint density at radius 3 is 2.38 bits per heavy atom. The van der Waals surface area contributed by atoms with Crippen molar-refractivity contribution in [1.29, 1.82) is 0 Å². The SMILES string of the molecule is CCCCS[C@@H]1O[C@H](CO)[C@H](O)[C@H](O)[C@H]1O. The third-order valence-corrected chi connectivity index (χ3v) is 3.87. The van der Waals surface area contributed by atoms with Crippen LogP contribution in [0.25, 0.3) is 0 Å². The van der Waals surface area contributed by atoms with E-state index in [2.05, 4.69) is 6.92 Å². The molecule has 0 saturated carbocycles. The minimum atomic E-state index is -1.26. The summed E-state index contributed by atoms with van der Waals surface area (Å²) in [6, 6.07) is 0. The Bertz CT molecular complexity index is 202. The Kier molecular flexibility index (Phi) is 6.02. The summed E-state index contributed by atoms with van der Waals surface area (Å²) in [6.45, 7) is 1.70. The predicted octanol–water partition coefficient (Wildman–Crippen LogP) is -0.680. The third-order valence-electron chi connectivity index (χ3n) is 2.63. The van der Waals surface area contributed by atoms with Crippen LogP contribution in [0.5, 0.6) is 0 Å². The molecule has 1 rings (SSSR count). The standard InChI is InChI=1S/C10H20O5S/c1-2-3-4-16-10-9(14)8(13)7(12)6(5-11)15-10/h6-14H,2-5H2,1H3/t6-,7+,8+,9-,10+/m1/s1. The molecule has 1 fully saturated rings. The molecule has 0 amide bonds. The normalized spacial score (nSPS) is 39.9. The van der Waals surface area contributed by atoms with Crippen molar-refractivity contribution >= 4 is 11.8 Å². The van der Waals surface area contributed by atoms with E-state index in [1.54, 1.807) is 0 Å². The topological polar surface area (TPSA) is 90.2 Å². The summed E-state index contributed by atoms with van der Waals surface area (Å²) in [6.07, 6.45) is -2.38. The van der Waals surface area contributed by atoms with Crippen molar-refractivity contribution in [1.82, 2.24) is 0 Å². The van der Waals surface area contributed by atoms with Gasteiger partial charge in [-0.15, -0.1) is 11.8 Å². The van der Waals surface area contributed by atoms with Gasteiger partial charge in [-0.05, 0) is 12.2 Å². The maximum absolute atomic E-state index is 9.68. The van der Waals surface area contributed by atoms with Crippen LogP contribution in [0.2, 0.25) is 0 Å². The van der Waals surface area contributed by atoms with Gasteiger partial charge in [0.1, 0.15) is 29.9 Å². The Balaban J connectivity index is 2.50. The molecule has 0 aromatic heterocycles. The molecular weight excluding hydrogens is 232 g/mol. The van der Waals surface area contributed by atoms with Gasteiger partial charge in [0.25, 0.3) is 0 Å². The van der Waals surface area contributed by atoms with Gasteiger partial charge in [0.2, 0.25) is 0 Å². The lowest BCUT2D eigenvalue weighted by Crippen LogP contribution is -2.57. The van der Waals surface area contributed by atoms with Gasteiger partial charge in [-0.1, -0.05) is 13.3 Å². The van der Waals surface area contributed by atoms with Crippen LogP contribution in [-0.2, 0) is 4.74 Å². The van der Waals surface area contributed by atoms with Crippen molar-refractivity contribution < 1.29 is 25.2 Å². The maximum atomic E-state index is 9.68. The molecule has 6 heteroatoms. The van der Waals surface area contributed by atoms with Gasteiger partial charge in [-0.3, -0.25) is 0 Å². The van der Waals surface area contributed by atoms with Gasteiger partial charge in [0.05, 0.1) is 6.61 Å². The van der Waals surface area contributed by atoms with Crippen molar-refractivity contribution in [2.24, 2.45) is 0 Å². The van der Waals surface area contributed by atoms with Gasteiger partial charge in [0.15, 0.2) is 0 Å². The fraction of sp³-hybridized carbons (Fsp3) is 1.00. The second-order valence-electron chi connectivity index (χ2n) is 3.92. The average Bonchev–Trinajstić information content (AvgIpc) is 2.29. The molecule has 0 unspecified atom stereocenters. The van der Waals surface area contributed by atoms with E-state index >= 15 is 0 Å². The first kappa shape index (κ1) is 14.2. The summed E-state index contributed by atoms with van der Waals surface area (Å²) in [7, 11) is 0. The molecule has 1 aliphatic rings. The molecule has 1 aliphatic heterocycles. The van der Waals surface area contributed by atoms with E-state index in [0.29, 0.717) is 0 Å². The average molecular weight is 252 g/mol. The molecule has 0 aromatic carbocycles. The van der Waals surface area contributed by atoms with Crippen LogP contribution in [0.15, 0.2) is 0 Å². The molecule has 16 heavy (non-hydrogen) atoms. The lowest BCUT2D eigenvalue weighted by Gasteiger charge is -2.39. The smallest absolute Gasteiger partial charge is 0.132 e. The fourth-order valence-corrected chi connectivity index (χ4v) is 2.82. The van der Waals surface area contributed by atoms with Gasteiger partial charge in [-0.2, -0.15) is 0 Å². The van der Waals surface area contributed by atoms with E-state index in [-0.39, 0.29) is 6.61 Å². The summed E-state index contributed by atoms with van der Waals surface area (Å²) in [4.78, 5) is 0. The zero-order valence-corrected chi connectivity index (χ0v) is 10.1. The molecule has 96 valence electrons. The number of unbranched alkanes of at least 4 members (excludes halogenated alkanes) is 1. The highest BCUT2D eigenvalue weighted by Crippen LogP contribution is 2.28. The third kappa shape index (κ3) is 3.32. The number of rotatable bonds is 5. The molecule has 0 radical (unpaired) electrons. The summed E-state index contributed by atoms with van der Waals surface area (Å²) in [5, 5.41) is 37.7. The Labute approximate surface area is 99.4 Å². The largest absolute Gasteiger partial charge is 0.394 e. The molecule has 0 aliphatic carbocycles. The Hall–Kier alpha value is 0.150. The van der Waals surface area contributed by atoms with E-state index in [1.165, 1.54) is 11.8 Å². The zero-order valence-electron chi connectivity index (χ0n) is 9.32. The monoisotopic (exact) mass is 252 g/mol. The lowest BCUT2D eigenvalue weighted by atomic mass is 10.0. The Morgan fingerprint density at radius 2 is 1.81 bits per heavy atom. The number of thioether (sulfide) groups is 1. The van der Waals surface area contributed by atoms with E-state index in [1.807, 2.05) is 0 Å². The number of aliphatic hydroxyl groups excluding tert-OH is 4. The van der Waals surface area contributed by atoms with Crippen molar-refractivity contribution in [2.75, 3.05) is 12.4 Å². The second-order valence-corrected chi connectivity index (χ2v) is 5.13. The highest BCUT2D eigenvalue weighted by Gasteiger charge is 2.43. The van der Waals surface area contributed by atoms with Crippen molar-refractivity contribution in [3.63, 3.8) is 0 Å². The van der Waals surface area contributed by atoms with Gasteiger partial charge < -0.3 is 25.2 Å². The fourth-order valence-electron chi connectivity index (χ4n) is 1.55. The highest BCUT2D eigenvalue weighted by atomic mass is 32.2. The number of ether oxygens (including phenoxy) is 1. The molecule has 1 saturated heterocycles. The minimum Gasteiger partial charge on any atom is -0.394 e. The molecule has 5 atom stereocenters. The first-order chi connectivity index (χ1) is 7.61. The molecule has 0 aromatic rings. The van der Waals surface area contributed by atoms with Crippen LogP contribution in [0.3, 0.4) is 0 Å². The van der Waals surface area contributed by atoms with Crippen LogP contribution < -0.4 is 0 Å². The molecule has 0 bridgehead atoms. The quantitative estimate of drug-likeness (QED) is 0.485. The zero-order chi connectivity index (χ0) is 12.1. The highest BCUT2D eigenvalue weighted by molar-refractivity contribution is 7.99. The molecule has 5 nitrogen and oxygen atoms in total. The molecule has 0 spiro atoms. The van der Waals surface area contributed by atoms with E-state index in [0.717, 1.165) is 18.6 Å². The van der Waals surface area contributed by atoms with Gasteiger partial charge in [0, 0.05) is 0 Å². The number of hydrogen-bond donors (Lipinski definition) is 4. The summed E-state index contributed by atoms with van der Waals surface area (Å²) in [5.74, 6) is 0.819. The van der Waals surface area contributed by atoms with E-state index < -0.39 is 29.9 Å². The first-order valence-electron chi connectivity index (χ1n) is 5.54. The van der Waals surface area contributed by atoms with Crippen LogP contribution >= 0.6 is 11.8 Å². The van der Waals surface area contributed by atoms with Crippen molar-refractivity contribution in [2.45, 2.75) is 49.6 Å². The summed E-state index contributed by atoms with van der Waals surface area (Å²) < 4.78 is 5.33. The minimum absolute atomic E-state index is 0.365. The molecule has 1 heterocycles. The lowest BCUT2D eigenvalue weighted by molar-refractivity contribution is -0.205. The van der Waals surface area contributed by atoms with E-state index in [9.17, 15) is 15.3 Å². The van der Waals surface area contributed by atoms with Crippen LogP contribution in [0.4, 0.5) is 0 Å². The molecule has 4 N–H and O–H groups in total. The summed E-state index contributed by atoms with van der Waals surface area (Å²) in [5.41, 5.74) is -0.581. The van der Waals surface area contributed by atoms with Crippen LogP contribution in [0, 0.1) is 0 Å². The summed E-state index contributed by atoms with van der Waals surface area (Å²) >= 11 is 1.40. The van der Waals surface area contributed by atoms with E-state index in [4.69, 9.17) is 9.84 Å². The van der Waals surface area contributed by atoms with Gasteiger partial charge in [-0.25, -0.2) is 0 Å². The van der Waals surface area contributed by atoms with Crippen molar-refractivity contribution in [3.05, 3.63) is 0 Å². The first-order valence-corrected chi connectivity index (χ1v) is 6.58. The van der Waals surface area contributed by atoms with Crippen LogP contribution in [0.1, 0.15) is 19.8 Å². The maximum Gasteiger partial charge on any atom is 0.132 e. The second kappa shape index (κ2) is 6.78. The van der Waals surface area contributed by atoms with Crippen molar-refractivity contribution in [3.8, 4) is 0 Å². The molecular formula is C10H20O5S. The predicted molar refractivity (Wildman–Crippen MR) is 61.1 cm³/mol.